The first-order chi connectivity index (χ1) is 6.29. The van der Waals surface area contributed by atoms with E-state index in [0.717, 1.165) is 0 Å². The molecule has 0 N–H and O–H groups in total. The molecule has 0 aliphatic heterocycles. The second-order valence-corrected chi connectivity index (χ2v) is 3.21. The van der Waals surface area contributed by atoms with Crippen LogP contribution >= 0.6 is 11.8 Å². The van der Waals surface area contributed by atoms with E-state index in [-0.39, 0.29) is 0 Å². The summed E-state index contributed by atoms with van der Waals surface area (Å²) in [6, 6.07) is 1.83. The number of aryl methyl sites for hydroxylation is 1. The molecule has 0 aliphatic carbocycles. The summed E-state index contributed by atoms with van der Waals surface area (Å²) in [5, 5.41) is 12.4. The van der Waals surface area contributed by atoms with Gasteiger partial charge in [-0.1, -0.05) is 11.8 Å². The monoisotopic (exact) mass is 196 g/mol. The van der Waals surface area contributed by atoms with Gasteiger partial charge in [0.2, 0.25) is 0 Å². The third kappa shape index (κ3) is 1.57. The highest BCUT2D eigenvalue weighted by molar-refractivity contribution is 7.98. The van der Waals surface area contributed by atoms with Gasteiger partial charge in [-0.05, 0) is 12.3 Å². The molecule has 5 nitrogen and oxygen atoms in total. The Bertz CT molecular complexity index is 408. The zero-order chi connectivity index (χ0) is 9.26. The molecule has 2 aromatic rings. The van der Waals surface area contributed by atoms with Gasteiger partial charge >= 0.3 is 0 Å². The van der Waals surface area contributed by atoms with E-state index in [2.05, 4.69) is 15.3 Å². The minimum absolute atomic E-state index is 0.463. The first kappa shape index (κ1) is 8.31. The SMILES string of the molecule is CSc1nnc(-c2ccn(C)n2)o1. The molecule has 0 fully saturated rings. The average molecular weight is 196 g/mol. The van der Waals surface area contributed by atoms with Crippen LogP contribution in [-0.2, 0) is 7.05 Å². The molecule has 2 heterocycles. The summed E-state index contributed by atoms with van der Waals surface area (Å²) in [5.41, 5.74) is 0.704. The molecule has 0 saturated carbocycles. The Morgan fingerprint density at radius 3 is 2.85 bits per heavy atom. The second kappa shape index (κ2) is 3.21. The van der Waals surface area contributed by atoms with Gasteiger partial charge in [-0.2, -0.15) is 5.10 Å². The number of thioether (sulfide) groups is 1. The average Bonchev–Trinajstić information content (AvgIpc) is 2.71. The predicted molar refractivity (Wildman–Crippen MR) is 48.3 cm³/mol. The molecule has 0 amide bonds. The molecular formula is C7H8N4OS. The molecule has 68 valence electrons. The van der Waals surface area contributed by atoms with Gasteiger partial charge in [-0.3, -0.25) is 4.68 Å². The van der Waals surface area contributed by atoms with Crippen LogP contribution in [0.3, 0.4) is 0 Å². The van der Waals surface area contributed by atoms with E-state index in [9.17, 15) is 0 Å². The van der Waals surface area contributed by atoms with E-state index in [0.29, 0.717) is 16.8 Å². The number of aromatic nitrogens is 4. The fourth-order valence-electron chi connectivity index (χ4n) is 0.925. The van der Waals surface area contributed by atoms with Gasteiger partial charge in [-0.25, -0.2) is 0 Å². The van der Waals surface area contributed by atoms with Gasteiger partial charge < -0.3 is 4.42 Å². The molecule has 0 unspecified atom stereocenters. The van der Waals surface area contributed by atoms with Crippen molar-refractivity contribution < 1.29 is 4.42 Å². The molecule has 2 aromatic heterocycles. The molecule has 0 aromatic carbocycles. The predicted octanol–water partition coefficient (Wildman–Crippen LogP) is 1.19. The van der Waals surface area contributed by atoms with Crippen LogP contribution in [0.4, 0.5) is 0 Å². The van der Waals surface area contributed by atoms with Gasteiger partial charge in [0.25, 0.3) is 11.1 Å². The zero-order valence-corrected chi connectivity index (χ0v) is 8.08. The zero-order valence-electron chi connectivity index (χ0n) is 7.26. The minimum Gasteiger partial charge on any atom is -0.410 e. The maximum atomic E-state index is 5.30. The summed E-state index contributed by atoms with van der Waals surface area (Å²) >= 11 is 1.42. The molecule has 0 radical (unpaired) electrons. The number of rotatable bonds is 2. The van der Waals surface area contributed by atoms with Crippen LogP contribution in [0.25, 0.3) is 11.6 Å². The number of hydrogen-bond donors (Lipinski definition) is 0. The van der Waals surface area contributed by atoms with Gasteiger partial charge in [0, 0.05) is 13.2 Å². The normalized spacial score (nSPS) is 10.6. The van der Waals surface area contributed by atoms with Crippen LogP contribution in [0.15, 0.2) is 21.9 Å². The number of nitrogens with zero attached hydrogens (tertiary/aromatic N) is 4. The lowest BCUT2D eigenvalue weighted by Gasteiger charge is -1.85. The Labute approximate surface area is 79.2 Å². The Morgan fingerprint density at radius 1 is 1.46 bits per heavy atom. The highest BCUT2D eigenvalue weighted by Crippen LogP contribution is 2.19. The third-order valence-electron chi connectivity index (χ3n) is 1.51. The first-order valence-corrected chi connectivity index (χ1v) is 4.89. The highest BCUT2D eigenvalue weighted by Gasteiger charge is 2.09. The van der Waals surface area contributed by atoms with Crippen molar-refractivity contribution in [2.75, 3.05) is 6.26 Å². The standard InChI is InChI=1S/C7H8N4OS/c1-11-4-3-5(10-11)6-8-9-7(12-6)13-2/h3-4H,1-2H3. The van der Waals surface area contributed by atoms with Gasteiger partial charge in [0.15, 0.2) is 0 Å². The van der Waals surface area contributed by atoms with Crippen LogP contribution in [0.1, 0.15) is 0 Å². The van der Waals surface area contributed by atoms with Crippen molar-refractivity contribution in [2.45, 2.75) is 5.22 Å². The maximum Gasteiger partial charge on any atom is 0.276 e. The molecule has 0 bridgehead atoms. The summed E-state index contributed by atoms with van der Waals surface area (Å²) in [6.45, 7) is 0. The lowest BCUT2D eigenvalue weighted by Crippen LogP contribution is -1.87. The largest absolute Gasteiger partial charge is 0.410 e. The molecule has 13 heavy (non-hydrogen) atoms. The van der Waals surface area contributed by atoms with E-state index in [1.54, 1.807) is 4.68 Å². The lowest BCUT2D eigenvalue weighted by atomic mass is 10.4. The van der Waals surface area contributed by atoms with Crippen molar-refractivity contribution in [3.8, 4) is 11.6 Å². The Balaban J connectivity index is 2.35. The van der Waals surface area contributed by atoms with Crippen LogP contribution in [0.5, 0.6) is 0 Å². The van der Waals surface area contributed by atoms with E-state index in [4.69, 9.17) is 4.42 Å². The molecule has 0 aliphatic rings. The van der Waals surface area contributed by atoms with Crippen molar-refractivity contribution in [3.05, 3.63) is 12.3 Å². The summed E-state index contributed by atoms with van der Waals surface area (Å²) in [5.74, 6) is 0.463. The maximum absolute atomic E-state index is 5.30. The van der Waals surface area contributed by atoms with Crippen LogP contribution in [0.2, 0.25) is 0 Å². The lowest BCUT2D eigenvalue weighted by molar-refractivity contribution is 0.464. The van der Waals surface area contributed by atoms with Crippen molar-refractivity contribution in [3.63, 3.8) is 0 Å². The van der Waals surface area contributed by atoms with Crippen molar-refractivity contribution in [1.29, 1.82) is 0 Å². The highest BCUT2D eigenvalue weighted by atomic mass is 32.2. The molecule has 6 heteroatoms. The van der Waals surface area contributed by atoms with E-state index in [1.165, 1.54) is 11.8 Å². The summed E-state index contributed by atoms with van der Waals surface area (Å²) in [4.78, 5) is 0. The van der Waals surface area contributed by atoms with Gasteiger partial charge in [0.05, 0.1) is 0 Å². The fraction of sp³-hybridized carbons (Fsp3) is 0.286. The van der Waals surface area contributed by atoms with Crippen molar-refractivity contribution >= 4 is 11.8 Å². The smallest absolute Gasteiger partial charge is 0.276 e. The topological polar surface area (TPSA) is 56.7 Å². The molecular weight excluding hydrogens is 188 g/mol. The third-order valence-corrected chi connectivity index (χ3v) is 2.03. The van der Waals surface area contributed by atoms with E-state index in [1.807, 2.05) is 25.6 Å². The van der Waals surface area contributed by atoms with E-state index >= 15 is 0 Å². The first-order valence-electron chi connectivity index (χ1n) is 3.67. The fourth-order valence-corrected chi connectivity index (χ4v) is 1.21. The Kier molecular flexibility index (Phi) is 2.05. The summed E-state index contributed by atoms with van der Waals surface area (Å²) in [6.07, 6.45) is 3.72. The van der Waals surface area contributed by atoms with E-state index < -0.39 is 0 Å². The Hall–Kier alpha value is -1.30. The molecule has 2 rings (SSSR count). The summed E-state index contributed by atoms with van der Waals surface area (Å²) < 4.78 is 6.99. The van der Waals surface area contributed by atoms with Crippen molar-refractivity contribution in [2.24, 2.45) is 7.05 Å². The van der Waals surface area contributed by atoms with Crippen LogP contribution in [-0.4, -0.2) is 26.2 Å². The molecule has 0 saturated heterocycles. The Morgan fingerprint density at radius 2 is 2.31 bits per heavy atom. The number of hydrogen-bond acceptors (Lipinski definition) is 5. The van der Waals surface area contributed by atoms with Gasteiger partial charge in [-0.15, -0.1) is 10.2 Å². The van der Waals surface area contributed by atoms with Crippen molar-refractivity contribution in [1.82, 2.24) is 20.0 Å². The van der Waals surface area contributed by atoms with Crippen LogP contribution in [0, 0.1) is 0 Å². The molecule has 0 spiro atoms. The second-order valence-electron chi connectivity index (χ2n) is 2.45. The van der Waals surface area contributed by atoms with Gasteiger partial charge in [0.1, 0.15) is 5.69 Å². The minimum atomic E-state index is 0.463. The molecule has 0 atom stereocenters. The van der Waals surface area contributed by atoms with Crippen LogP contribution < -0.4 is 0 Å². The summed E-state index contributed by atoms with van der Waals surface area (Å²) in [7, 11) is 1.84. The quantitative estimate of drug-likeness (QED) is 0.675.